The number of benzene rings is 1. The van der Waals surface area contributed by atoms with Crippen molar-refractivity contribution in [1.29, 1.82) is 0 Å². The monoisotopic (exact) mass is 245 g/mol. The molecule has 18 heavy (non-hydrogen) atoms. The SMILES string of the molecule is Cc1ccc2c(c1)[C@H](N)CC1(CCC(C)(C)C1)O2. The summed E-state index contributed by atoms with van der Waals surface area (Å²) in [5, 5.41) is 0. The van der Waals surface area contributed by atoms with Crippen LogP contribution in [0.25, 0.3) is 0 Å². The molecule has 98 valence electrons. The van der Waals surface area contributed by atoms with Crippen molar-refractivity contribution in [1.82, 2.24) is 0 Å². The predicted octanol–water partition coefficient (Wildman–Crippen LogP) is 3.73. The van der Waals surface area contributed by atoms with E-state index in [2.05, 4.69) is 39.0 Å². The minimum atomic E-state index is -0.00876. The highest BCUT2D eigenvalue weighted by Crippen LogP contribution is 2.52. The van der Waals surface area contributed by atoms with Crippen molar-refractivity contribution >= 4 is 0 Å². The number of hydrogen-bond acceptors (Lipinski definition) is 2. The van der Waals surface area contributed by atoms with Gasteiger partial charge >= 0.3 is 0 Å². The number of rotatable bonds is 0. The minimum Gasteiger partial charge on any atom is -0.487 e. The highest BCUT2D eigenvalue weighted by atomic mass is 16.5. The third kappa shape index (κ3) is 1.93. The van der Waals surface area contributed by atoms with Crippen LogP contribution in [-0.4, -0.2) is 5.60 Å². The molecule has 2 N–H and O–H groups in total. The Morgan fingerprint density at radius 1 is 1.28 bits per heavy atom. The average Bonchev–Trinajstić information content (AvgIpc) is 2.56. The van der Waals surface area contributed by atoms with Gasteiger partial charge in [0.15, 0.2) is 0 Å². The van der Waals surface area contributed by atoms with Crippen LogP contribution in [0.15, 0.2) is 18.2 Å². The Bertz CT molecular complexity index is 480. The van der Waals surface area contributed by atoms with Gasteiger partial charge in [0.05, 0.1) is 0 Å². The topological polar surface area (TPSA) is 35.2 Å². The van der Waals surface area contributed by atoms with Crippen molar-refractivity contribution in [2.45, 2.75) is 58.1 Å². The van der Waals surface area contributed by atoms with Gasteiger partial charge in [-0.1, -0.05) is 31.5 Å². The van der Waals surface area contributed by atoms with E-state index in [9.17, 15) is 0 Å². The standard InChI is InChI=1S/C16H23NO/c1-11-4-5-14-12(8-11)13(17)9-16(18-14)7-6-15(2,3)10-16/h4-5,8,13H,6-7,9-10,17H2,1-3H3/t13-,16?/m1/s1. The largest absolute Gasteiger partial charge is 0.487 e. The van der Waals surface area contributed by atoms with E-state index < -0.39 is 0 Å². The number of fused-ring (bicyclic) bond motifs is 1. The fourth-order valence-electron chi connectivity index (χ4n) is 3.71. The Morgan fingerprint density at radius 2 is 2.06 bits per heavy atom. The van der Waals surface area contributed by atoms with Crippen LogP contribution in [-0.2, 0) is 0 Å². The lowest BCUT2D eigenvalue weighted by Crippen LogP contribution is -2.41. The molecule has 0 aromatic heterocycles. The third-order valence-corrected chi connectivity index (χ3v) is 4.54. The molecule has 1 aliphatic heterocycles. The summed E-state index contributed by atoms with van der Waals surface area (Å²) in [4.78, 5) is 0. The van der Waals surface area contributed by atoms with Crippen LogP contribution in [0.1, 0.15) is 56.7 Å². The molecule has 1 aromatic carbocycles. The molecule has 0 saturated heterocycles. The quantitative estimate of drug-likeness (QED) is 0.756. The molecule has 1 aliphatic carbocycles. The van der Waals surface area contributed by atoms with Gasteiger partial charge in [-0.05, 0) is 37.7 Å². The Hall–Kier alpha value is -1.02. The molecular weight excluding hydrogens is 222 g/mol. The maximum absolute atomic E-state index is 6.38. The van der Waals surface area contributed by atoms with Crippen molar-refractivity contribution in [3.05, 3.63) is 29.3 Å². The summed E-state index contributed by atoms with van der Waals surface area (Å²) in [6.07, 6.45) is 4.47. The van der Waals surface area contributed by atoms with Crippen LogP contribution in [0.2, 0.25) is 0 Å². The number of aryl methyl sites for hydroxylation is 1. The molecule has 2 atom stereocenters. The Labute approximate surface area is 110 Å². The molecule has 0 bridgehead atoms. The lowest BCUT2D eigenvalue weighted by Gasteiger charge is -2.39. The molecule has 1 heterocycles. The molecule has 2 aliphatic rings. The van der Waals surface area contributed by atoms with Gasteiger partial charge in [0.2, 0.25) is 0 Å². The Kier molecular flexibility index (Phi) is 2.50. The molecule has 3 rings (SSSR count). The van der Waals surface area contributed by atoms with Crippen LogP contribution in [0, 0.1) is 12.3 Å². The van der Waals surface area contributed by atoms with Crippen LogP contribution in [0.4, 0.5) is 0 Å². The molecule has 2 nitrogen and oxygen atoms in total. The zero-order valence-corrected chi connectivity index (χ0v) is 11.6. The molecule has 0 radical (unpaired) electrons. The van der Waals surface area contributed by atoms with Crippen molar-refractivity contribution in [2.24, 2.45) is 11.1 Å². The summed E-state index contributed by atoms with van der Waals surface area (Å²) >= 11 is 0. The molecule has 1 aromatic rings. The van der Waals surface area contributed by atoms with Gasteiger partial charge in [-0.25, -0.2) is 0 Å². The second-order valence-electron chi connectivity index (χ2n) is 6.98. The maximum atomic E-state index is 6.38. The van der Waals surface area contributed by atoms with E-state index in [1.807, 2.05) is 0 Å². The molecule has 1 spiro atoms. The lowest BCUT2D eigenvalue weighted by atomic mass is 9.82. The normalized spacial score (nSPS) is 33.2. The highest BCUT2D eigenvalue weighted by Gasteiger charge is 2.48. The molecule has 0 amide bonds. The van der Waals surface area contributed by atoms with Crippen LogP contribution < -0.4 is 10.5 Å². The number of hydrogen-bond donors (Lipinski definition) is 1. The lowest BCUT2D eigenvalue weighted by molar-refractivity contribution is 0.0331. The van der Waals surface area contributed by atoms with Gasteiger partial charge in [0.25, 0.3) is 0 Å². The summed E-state index contributed by atoms with van der Waals surface area (Å²) in [6.45, 7) is 6.78. The summed E-state index contributed by atoms with van der Waals surface area (Å²) in [6, 6.07) is 6.51. The summed E-state index contributed by atoms with van der Waals surface area (Å²) in [5.74, 6) is 1.01. The molecule has 1 saturated carbocycles. The second kappa shape index (κ2) is 3.74. The third-order valence-electron chi connectivity index (χ3n) is 4.54. The van der Waals surface area contributed by atoms with Crippen LogP contribution in [0.5, 0.6) is 5.75 Å². The van der Waals surface area contributed by atoms with Gasteiger partial charge in [-0.2, -0.15) is 0 Å². The second-order valence-corrected chi connectivity index (χ2v) is 6.98. The van der Waals surface area contributed by atoms with Crippen LogP contribution in [0.3, 0.4) is 0 Å². The zero-order valence-electron chi connectivity index (χ0n) is 11.6. The Morgan fingerprint density at radius 3 is 2.72 bits per heavy atom. The van der Waals surface area contributed by atoms with Gasteiger partial charge in [0, 0.05) is 18.0 Å². The first-order chi connectivity index (χ1) is 8.39. The highest BCUT2D eigenvalue weighted by molar-refractivity contribution is 5.41. The molecule has 2 heteroatoms. The first kappa shape index (κ1) is 12.0. The number of ether oxygens (including phenoxy) is 1. The average molecular weight is 245 g/mol. The molecule has 1 fully saturated rings. The summed E-state index contributed by atoms with van der Waals surface area (Å²) in [5.41, 5.74) is 9.21. The van der Waals surface area contributed by atoms with Crippen molar-refractivity contribution in [2.75, 3.05) is 0 Å². The van der Waals surface area contributed by atoms with Crippen LogP contribution >= 0.6 is 0 Å². The zero-order chi connectivity index (χ0) is 13.0. The summed E-state index contributed by atoms with van der Waals surface area (Å²) < 4.78 is 6.36. The van der Waals surface area contributed by atoms with Gasteiger partial charge < -0.3 is 10.5 Å². The van der Waals surface area contributed by atoms with Gasteiger partial charge in [-0.15, -0.1) is 0 Å². The molecule has 1 unspecified atom stereocenters. The van der Waals surface area contributed by atoms with Crippen molar-refractivity contribution in [3.8, 4) is 5.75 Å². The minimum absolute atomic E-state index is 0.00876. The van der Waals surface area contributed by atoms with E-state index in [0.717, 1.165) is 25.0 Å². The van der Waals surface area contributed by atoms with E-state index >= 15 is 0 Å². The van der Waals surface area contributed by atoms with Crippen molar-refractivity contribution in [3.63, 3.8) is 0 Å². The maximum Gasteiger partial charge on any atom is 0.124 e. The van der Waals surface area contributed by atoms with Crippen molar-refractivity contribution < 1.29 is 4.74 Å². The van der Waals surface area contributed by atoms with E-state index in [-0.39, 0.29) is 11.6 Å². The first-order valence-corrected chi connectivity index (χ1v) is 6.94. The van der Waals surface area contributed by atoms with E-state index in [1.54, 1.807) is 0 Å². The predicted molar refractivity (Wildman–Crippen MR) is 73.7 cm³/mol. The van der Waals surface area contributed by atoms with Gasteiger partial charge in [-0.3, -0.25) is 0 Å². The summed E-state index contributed by atoms with van der Waals surface area (Å²) in [7, 11) is 0. The fourth-order valence-corrected chi connectivity index (χ4v) is 3.71. The van der Waals surface area contributed by atoms with Gasteiger partial charge in [0.1, 0.15) is 11.4 Å². The van der Waals surface area contributed by atoms with E-state index in [4.69, 9.17) is 10.5 Å². The fraction of sp³-hybridized carbons (Fsp3) is 0.625. The smallest absolute Gasteiger partial charge is 0.124 e. The first-order valence-electron chi connectivity index (χ1n) is 6.94. The molecular formula is C16H23NO. The van der Waals surface area contributed by atoms with E-state index in [0.29, 0.717) is 5.41 Å². The van der Waals surface area contributed by atoms with E-state index in [1.165, 1.54) is 17.5 Å². The number of nitrogens with two attached hydrogens (primary N) is 1. The Balaban J connectivity index is 1.95.